The monoisotopic (exact) mass is 316 g/mol. The molecule has 2 aromatic carbocycles. The third kappa shape index (κ3) is 4.38. The number of rotatable bonds is 8. The van der Waals surface area contributed by atoms with Gasteiger partial charge in [0.25, 0.3) is 0 Å². The van der Waals surface area contributed by atoms with Crippen LogP contribution in [0.5, 0.6) is 11.5 Å². The standard InChI is InChI=1S/C19H24O4/c1-2-3-4-5-6-9-12-23-19(22)16-13-17(20)14-10-7-8-11-15(14)18(16)21/h7-8,10-11,13,20-21H,2-6,9,12H2,1H3. The normalized spacial score (nSPS) is 10.8. The minimum Gasteiger partial charge on any atom is -0.507 e. The summed E-state index contributed by atoms with van der Waals surface area (Å²) in [4.78, 5) is 12.1. The number of phenolic OH excluding ortho intramolecular Hbond substituents is 2. The lowest BCUT2D eigenvalue weighted by Crippen LogP contribution is -2.07. The van der Waals surface area contributed by atoms with Gasteiger partial charge in [-0.15, -0.1) is 0 Å². The van der Waals surface area contributed by atoms with Gasteiger partial charge >= 0.3 is 5.97 Å². The Kier molecular flexibility index (Phi) is 6.27. The van der Waals surface area contributed by atoms with E-state index in [0.717, 1.165) is 19.3 Å². The highest BCUT2D eigenvalue weighted by atomic mass is 16.5. The second-order valence-electron chi connectivity index (χ2n) is 5.74. The van der Waals surface area contributed by atoms with Gasteiger partial charge in [-0.2, -0.15) is 0 Å². The first-order chi connectivity index (χ1) is 11.1. The zero-order valence-corrected chi connectivity index (χ0v) is 13.5. The van der Waals surface area contributed by atoms with E-state index >= 15 is 0 Å². The first-order valence-corrected chi connectivity index (χ1v) is 8.26. The van der Waals surface area contributed by atoms with E-state index in [2.05, 4.69) is 6.92 Å². The molecule has 23 heavy (non-hydrogen) atoms. The van der Waals surface area contributed by atoms with Gasteiger partial charge in [0.05, 0.1) is 6.61 Å². The summed E-state index contributed by atoms with van der Waals surface area (Å²) in [6, 6.07) is 8.12. The summed E-state index contributed by atoms with van der Waals surface area (Å²) in [5.74, 6) is -0.784. The van der Waals surface area contributed by atoms with E-state index in [9.17, 15) is 15.0 Å². The summed E-state index contributed by atoms with van der Waals surface area (Å²) >= 11 is 0. The molecule has 0 fully saturated rings. The average Bonchev–Trinajstić information content (AvgIpc) is 2.57. The third-order valence-corrected chi connectivity index (χ3v) is 3.95. The van der Waals surface area contributed by atoms with Crippen LogP contribution in [0.1, 0.15) is 55.8 Å². The van der Waals surface area contributed by atoms with Crippen molar-refractivity contribution < 1.29 is 19.7 Å². The molecule has 0 atom stereocenters. The minimum absolute atomic E-state index is 0.00665. The zero-order valence-electron chi connectivity index (χ0n) is 13.5. The first kappa shape index (κ1) is 17.1. The second-order valence-corrected chi connectivity index (χ2v) is 5.74. The molecular formula is C19H24O4. The van der Waals surface area contributed by atoms with E-state index in [1.165, 1.54) is 25.3 Å². The maximum atomic E-state index is 12.1. The van der Waals surface area contributed by atoms with Gasteiger partial charge in [0.15, 0.2) is 0 Å². The van der Waals surface area contributed by atoms with Gasteiger partial charge < -0.3 is 14.9 Å². The highest BCUT2D eigenvalue weighted by molar-refractivity contribution is 6.03. The predicted octanol–water partition coefficient (Wildman–Crippen LogP) is 4.77. The molecule has 0 heterocycles. The minimum atomic E-state index is -0.600. The lowest BCUT2D eigenvalue weighted by atomic mass is 10.0. The lowest BCUT2D eigenvalue weighted by Gasteiger charge is -2.10. The number of ether oxygens (including phenoxy) is 1. The van der Waals surface area contributed by atoms with Crippen molar-refractivity contribution in [2.75, 3.05) is 6.61 Å². The maximum absolute atomic E-state index is 12.1. The van der Waals surface area contributed by atoms with E-state index in [0.29, 0.717) is 17.4 Å². The SMILES string of the molecule is CCCCCCCCOC(=O)c1cc(O)c2ccccc2c1O. The molecule has 4 heteroatoms. The van der Waals surface area contributed by atoms with E-state index in [1.807, 2.05) is 0 Å². The topological polar surface area (TPSA) is 66.8 Å². The Morgan fingerprint density at radius 1 is 1.00 bits per heavy atom. The molecule has 0 aliphatic carbocycles. The van der Waals surface area contributed by atoms with Gasteiger partial charge in [-0.3, -0.25) is 0 Å². The Balaban J connectivity index is 1.95. The molecule has 0 unspecified atom stereocenters. The summed E-state index contributed by atoms with van der Waals surface area (Å²) in [6.45, 7) is 2.51. The van der Waals surface area contributed by atoms with Crippen molar-refractivity contribution in [2.24, 2.45) is 0 Å². The summed E-state index contributed by atoms with van der Waals surface area (Å²) < 4.78 is 5.21. The number of esters is 1. The molecule has 0 spiro atoms. The fourth-order valence-corrected chi connectivity index (χ4v) is 2.62. The third-order valence-electron chi connectivity index (χ3n) is 3.95. The average molecular weight is 316 g/mol. The quantitative estimate of drug-likeness (QED) is 0.418. The summed E-state index contributed by atoms with van der Waals surface area (Å²) in [6.07, 6.45) is 6.65. The molecule has 124 valence electrons. The number of fused-ring (bicyclic) bond motifs is 1. The second kappa shape index (κ2) is 8.42. The summed E-state index contributed by atoms with van der Waals surface area (Å²) in [5, 5.41) is 21.2. The Hall–Kier alpha value is -2.23. The van der Waals surface area contributed by atoms with Crippen molar-refractivity contribution in [3.63, 3.8) is 0 Å². The van der Waals surface area contributed by atoms with Gasteiger partial charge in [0.2, 0.25) is 0 Å². The van der Waals surface area contributed by atoms with Crippen LogP contribution in [0.15, 0.2) is 30.3 Å². The van der Waals surface area contributed by atoms with Crippen molar-refractivity contribution in [1.29, 1.82) is 0 Å². The van der Waals surface area contributed by atoms with Crippen molar-refractivity contribution in [2.45, 2.75) is 45.4 Å². The van der Waals surface area contributed by atoms with Crippen LogP contribution in [0.4, 0.5) is 0 Å². The fourth-order valence-electron chi connectivity index (χ4n) is 2.62. The molecule has 0 bridgehead atoms. The molecule has 0 amide bonds. The van der Waals surface area contributed by atoms with E-state index in [1.54, 1.807) is 24.3 Å². The van der Waals surface area contributed by atoms with E-state index in [-0.39, 0.29) is 17.1 Å². The van der Waals surface area contributed by atoms with E-state index < -0.39 is 5.97 Å². The first-order valence-electron chi connectivity index (χ1n) is 8.26. The van der Waals surface area contributed by atoms with Crippen LogP contribution in [0.2, 0.25) is 0 Å². The van der Waals surface area contributed by atoms with Crippen molar-refractivity contribution in [3.05, 3.63) is 35.9 Å². The zero-order chi connectivity index (χ0) is 16.7. The predicted molar refractivity (Wildman–Crippen MR) is 90.9 cm³/mol. The molecule has 2 rings (SSSR count). The smallest absolute Gasteiger partial charge is 0.342 e. The lowest BCUT2D eigenvalue weighted by molar-refractivity contribution is 0.0494. The Labute approximate surface area is 136 Å². The number of phenols is 2. The molecule has 2 N–H and O–H groups in total. The number of hydrogen-bond donors (Lipinski definition) is 2. The molecule has 4 nitrogen and oxygen atoms in total. The van der Waals surface area contributed by atoms with Crippen LogP contribution < -0.4 is 0 Å². The number of carbonyl (C=O) groups is 1. The molecule has 0 aliphatic heterocycles. The van der Waals surface area contributed by atoms with Crippen molar-refractivity contribution in [1.82, 2.24) is 0 Å². The van der Waals surface area contributed by atoms with Gasteiger partial charge in [0.1, 0.15) is 17.1 Å². The molecule has 0 aliphatic rings. The Morgan fingerprint density at radius 2 is 1.65 bits per heavy atom. The molecule has 0 saturated carbocycles. The van der Waals surface area contributed by atoms with Gasteiger partial charge in [-0.1, -0.05) is 63.3 Å². The summed E-state index contributed by atoms with van der Waals surface area (Å²) in [5.41, 5.74) is 0.00665. The number of carbonyl (C=O) groups excluding carboxylic acids is 1. The number of benzene rings is 2. The van der Waals surface area contributed by atoms with Crippen LogP contribution in [-0.4, -0.2) is 22.8 Å². The molecule has 0 saturated heterocycles. The molecule has 0 aromatic heterocycles. The van der Waals surface area contributed by atoms with Crippen LogP contribution in [0.25, 0.3) is 10.8 Å². The Bertz CT molecular complexity index is 664. The van der Waals surface area contributed by atoms with E-state index in [4.69, 9.17) is 4.74 Å². The Morgan fingerprint density at radius 3 is 2.39 bits per heavy atom. The van der Waals surface area contributed by atoms with Gasteiger partial charge in [-0.25, -0.2) is 4.79 Å². The largest absolute Gasteiger partial charge is 0.507 e. The van der Waals surface area contributed by atoms with Crippen LogP contribution in [-0.2, 0) is 4.74 Å². The highest BCUT2D eigenvalue weighted by Crippen LogP contribution is 2.35. The number of unbranched alkanes of at least 4 members (excludes halogenated alkanes) is 5. The van der Waals surface area contributed by atoms with Crippen LogP contribution >= 0.6 is 0 Å². The van der Waals surface area contributed by atoms with Crippen molar-refractivity contribution >= 4 is 16.7 Å². The molecule has 2 aromatic rings. The van der Waals surface area contributed by atoms with Gasteiger partial charge in [-0.05, 0) is 12.5 Å². The highest BCUT2D eigenvalue weighted by Gasteiger charge is 2.17. The molecule has 0 radical (unpaired) electrons. The van der Waals surface area contributed by atoms with Crippen LogP contribution in [0.3, 0.4) is 0 Å². The number of hydrogen-bond acceptors (Lipinski definition) is 4. The van der Waals surface area contributed by atoms with Crippen LogP contribution in [0, 0.1) is 0 Å². The number of aromatic hydroxyl groups is 2. The summed E-state index contributed by atoms with van der Waals surface area (Å²) in [7, 11) is 0. The fraction of sp³-hybridized carbons (Fsp3) is 0.421. The molecular weight excluding hydrogens is 292 g/mol. The maximum Gasteiger partial charge on any atom is 0.342 e. The van der Waals surface area contributed by atoms with Gasteiger partial charge in [0, 0.05) is 10.8 Å². The van der Waals surface area contributed by atoms with Crippen molar-refractivity contribution in [3.8, 4) is 11.5 Å².